The number of allylic oxidation sites excluding steroid dienone is 1. The third kappa shape index (κ3) is 2.32. The molecular formula is C7H9ClN2O2S. The largest absolute Gasteiger partial charge is 0.330 e. The lowest BCUT2D eigenvalue weighted by molar-refractivity contribution is 0.606. The molecule has 0 bridgehead atoms. The highest BCUT2D eigenvalue weighted by Crippen LogP contribution is 2.13. The lowest BCUT2D eigenvalue weighted by atomic mass is 10.6. The SMILES string of the molecule is C=CCn1cc(S(=O)(=O)Cl)nc1C. The van der Waals surface area contributed by atoms with Gasteiger partial charge in [-0.1, -0.05) is 6.08 Å². The standard InChI is InChI=1S/C7H9ClN2O2S/c1-3-4-10-5-7(9-6(10)2)13(8,11)12/h3,5H,1,4H2,2H3. The summed E-state index contributed by atoms with van der Waals surface area (Å²) in [6, 6.07) is 0. The molecule has 1 aromatic rings. The van der Waals surface area contributed by atoms with Gasteiger partial charge in [-0.05, 0) is 6.92 Å². The van der Waals surface area contributed by atoms with Gasteiger partial charge in [0.15, 0.2) is 5.03 Å². The van der Waals surface area contributed by atoms with Crippen LogP contribution >= 0.6 is 10.7 Å². The summed E-state index contributed by atoms with van der Waals surface area (Å²) in [7, 11) is 1.40. The zero-order valence-corrected chi connectivity index (χ0v) is 8.64. The highest BCUT2D eigenvalue weighted by Gasteiger charge is 2.15. The van der Waals surface area contributed by atoms with Crippen molar-refractivity contribution in [3.05, 3.63) is 24.7 Å². The third-order valence-corrected chi connectivity index (χ3v) is 2.70. The van der Waals surface area contributed by atoms with Crippen LogP contribution in [0.4, 0.5) is 0 Å². The van der Waals surface area contributed by atoms with Crippen molar-refractivity contribution in [3.8, 4) is 0 Å². The van der Waals surface area contributed by atoms with Crippen LogP contribution in [0.3, 0.4) is 0 Å². The smallest absolute Gasteiger partial charge is 0.280 e. The van der Waals surface area contributed by atoms with Gasteiger partial charge in [-0.2, -0.15) is 0 Å². The zero-order valence-electron chi connectivity index (χ0n) is 7.07. The first-order chi connectivity index (χ1) is 5.95. The topological polar surface area (TPSA) is 52.0 Å². The molecule has 0 radical (unpaired) electrons. The average Bonchev–Trinajstić information content (AvgIpc) is 2.32. The Hall–Kier alpha value is -0.810. The van der Waals surface area contributed by atoms with Crippen molar-refractivity contribution >= 4 is 19.7 Å². The molecular weight excluding hydrogens is 212 g/mol. The van der Waals surface area contributed by atoms with Gasteiger partial charge in [0.25, 0.3) is 9.05 Å². The van der Waals surface area contributed by atoms with E-state index < -0.39 is 9.05 Å². The van der Waals surface area contributed by atoms with Crippen LogP contribution in [0.5, 0.6) is 0 Å². The van der Waals surface area contributed by atoms with E-state index in [1.54, 1.807) is 17.6 Å². The number of nitrogens with zero attached hydrogens (tertiary/aromatic N) is 2. The fraction of sp³-hybridized carbons (Fsp3) is 0.286. The molecule has 0 spiro atoms. The molecule has 4 nitrogen and oxygen atoms in total. The van der Waals surface area contributed by atoms with E-state index in [2.05, 4.69) is 11.6 Å². The highest BCUT2D eigenvalue weighted by atomic mass is 35.7. The molecule has 0 fully saturated rings. The fourth-order valence-corrected chi connectivity index (χ4v) is 1.64. The first-order valence-electron chi connectivity index (χ1n) is 3.54. The van der Waals surface area contributed by atoms with E-state index in [0.717, 1.165) is 0 Å². The lowest BCUT2D eigenvalue weighted by Crippen LogP contribution is -1.95. The van der Waals surface area contributed by atoms with Gasteiger partial charge in [0.2, 0.25) is 0 Å². The van der Waals surface area contributed by atoms with Crippen LogP contribution in [-0.4, -0.2) is 18.0 Å². The van der Waals surface area contributed by atoms with Gasteiger partial charge >= 0.3 is 0 Å². The van der Waals surface area contributed by atoms with Crippen molar-refractivity contribution in [2.75, 3.05) is 0 Å². The van der Waals surface area contributed by atoms with Gasteiger partial charge in [-0.3, -0.25) is 0 Å². The Bertz CT molecular complexity index is 422. The number of aromatic nitrogens is 2. The maximum Gasteiger partial charge on any atom is 0.280 e. The average molecular weight is 221 g/mol. The highest BCUT2D eigenvalue weighted by molar-refractivity contribution is 8.13. The van der Waals surface area contributed by atoms with Crippen LogP contribution < -0.4 is 0 Å². The molecule has 1 rings (SSSR count). The second-order valence-electron chi connectivity index (χ2n) is 2.51. The van der Waals surface area contributed by atoms with Crippen molar-refractivity contribution in [2.24, 2.45) is 0 Å². The molecule has 6 heteroatoms. The summed E-state index contributed by atoms with van der Waals surface area (Å²) >= 11 is 0. The van der Waals surface area contributed by atoms with Crippen LogP contribution in [0.1, 0.15) is 5.82 Å². The summed E-state index contributed by atoms with van der Waals surface area (Å²) in [5.74, 6) is 0.596. The lowest BCUT2D eigenvalue weighted by Gasteiger charge is -1.96. The molecule has 0 unspecified atom stereocenters. The molecule has 0 aliphatic rings. The molecule has 72 valence electrons. The molecule has 0 aliphatic carbocycles. The quantitative estimate of drug-likeness (QED) is 0.570. The Morgan fingerprint density at radius 1 is 1.77 bits per heavy atom. The molecule has 0 aliphatic heterocycles. The summed E-state index contributed by atoms with van der Waals surface area (Å²) in [5, 5.41) is -0.117. The monoisotopic (exact) mass is 220 g/mol. The molecule has 13 heavy (non-hydrogen) atoms. The normalized spacial score (nSPS) is 11.5. The first-order valence-corrected chi connectivity index (χ1v) is 5.85. The second-order valence-corrected chi connectivity index (χ2v) is 5.02. The summed E-state index contributed by atoms with van der Waals surface area (Å²) in [6.45, 7) is 5.76. The molecule has 0 amide bonds. The van der Waals surface area contributed by atoms with Gasteiger partial charge in [0, 0.05) is 23.4 Å². The Morgan fingerprint density at radius 3 is 2.77 bits per heavy atom. The van der Waals surface area contributed by atoms with E-state index in [4.69, 9.17) is 10.7 Å². The molecule has 0 saturated heterocycles. The summed E-state index contributed by atoms with van der Waals surface area (Å²) < 4.78 is 23.4. The Balaban J connectivity index is 3.16. The van der Waals surface area contributed by atoms with Crippen molar-refractivity contribution in [1.29, 1.82) is 0 Å². The van der Waals surface area contributed by atoms with Crippen LogP contribution in [0, 0.1) is 6.92 Å². The predicted octanol–water partition coefficient (Wildman–Crippen LogP) is 1.31. The molecule has 0 saturated carbocycles. The van der Waals surface area contributed by atoms with E-state index >= 15 is 0 Å². The summed E-state index contributed by atoms with van der Waals surface area (Å²) in [5.41, 5.74) is 0. The van der Waals surface area contributed by atoms with Crippen LogP contribution in [0.25, 0.3) is 0 Å². The van der Waals surface area contributed by atoms with E-state index in [-0.39, 0.29) is 5.03 Å². The fourth-order valence-electron chi connectivity index (χ4n) is 0.921. The molecule has 0 aromatic carbocycles. The number of imidazole rings is 1. The number of rotatable bonds is 3. The first kappa shape index (κ1) is 10.3. The predicted molar refractivity (Wildman–Crippen MR) is 50.2 cm³/mol. The molecule has 0 N–H and O–H groups in total. The minimum atomic E-state index is -3.72. The van der Waals surface area contributed by atoms with E-state index in [1.165, 1.54) is 6.20 Å². The zero-order chi connectivity index (χ0) is 10.1. The Kier molecular flexibility index (Phi) is 2.77. The molecule has 1 aromatic heterocycles. The molecule has 1 heterocycles. The maximum atomic E-state index is 10.9. The van der Waals surface area contributed by atoms with Crippen molar-refractivity contribution in [2.45, 2.75) is 18.5 Å². The number of hydrogen-bond donors (Lipinski definition) is 0. The van der Waals surface area contributed by atoms with Crippen LogP contribution in [0.15, 0.2) is 23.9 Å². The summed E-state index contributed by atoms with van der Waals surface area (Å²) in [6.07, 6.45) is 3.04. The van der Waals surface area contributed by atoms with Gasteiger partial charge < -0.3 is 4.57 Å². The van der Waals surface area contributed by atoms with Crippen LogP contribution in [-0.2, 0) is 15.6 Å². The van der Waals surface area contributed by atoms with Gasteiger partial charge in [-0.25, -0.2) is 13.4 Å². The third-order valence-electron chi connectivity index (χ3n) is 1.53. The molecule has 0 atom stereocenters. The Morgan fingerprint density at radius 2 is 2.38 bits per heavy atom. The number of halogens is 1. The van der Waals surface area contributed by atoms with E-state index in [0.29, 0.717) is 12.4 Å². The van der Waals surface area contributed by atoms with Crippen molar-refractivity contribution in [1.82, 2.24) is 9.55 Å². The van der Waals surface area contributed by atoms with Crippen LogP contribution in [0.2, 0.25) is 0 Å². The summed E-state index contributed by atoms with van der Waals surface area (Å²) in [4.78, 5) is 3.80. The maximum absolute atomic E-state index is 10.9. The minimum absolute atomic E-state index is 0.117. The van der Waals surface area contributed by atoms with Crippen molar-refractivity contribution in [3.63, 3.8) is 0 Å². The van der Waals surface area contributed by atoms with E-state index in [9.17, 15) is 8.42 Å². The Labute approximate surface area is 81.3 Å². The minimum Gasteiger partial charge on any atom is -0.330 e. The van der Waals surface area contributed by atoms with Gasteiger partial charge in [0.05, 0.1) is 0 Å². The van der Waals surface area contributed by atoms with Gasteiger partial charge in [-0.15, -0.1) is 6.58 Å². The van der Waals surface area contributed by atoms with E-state index in [1.807, 2.05) is 0 Å². The van der Waals surface area contributed by atoms with Gasteiger partial charge in [0.1, 0.15) is 5.82 Å². The number of hydrogen-bond acceptors (Lipinski definition) is 3. The number of aryl methyl sites for hydroxylation is 1. The second kappa shape index (κ2) is 3.51. The van der Waals surface area contributed by atoms with Crippen molar-refractivity contribution < 1.29 is 8.42 Å².